The molecule has 2 aliphatic carbocycles. The molecule has 1 N–H and O–H groups in total. The zero-order chi connectivity index (χ0) is 18.1. The summed E-state index contributed by atoms with van der Waals surface area (Å²) in [5.41, 5.74) is -4.65. The highest BCUT2D eigenvalue weighted by Gasteiger charge is 2.66. The predicted molar refractivity (Wildman–Crippen MR) is 71.4 cm³/mol. The number of benzene rings is 1. The van der Waals surface area contributed by atoms with E-state index >= 15 is 0 Å². The molecule has 0 spiro atoms. The topological polar surface area (TPSA) is 20.2 Å². The molecule has 2 fully saturated rings. The van der Waals surface area contributed by atoms with Crippen molar-refractivity contribution in [3.05, 3.63) is 28.6 Å². The van der Waals surface area contributed by atoms with Gasteiger partial charge in [0, 0.05) is 11.0 Å². The Morgan fingerprint density at radius 1 is 1.00 bits per heavy atom. The van der Waals surface area contributed by atoms with Gasteiger partial charge in [0.1, 0.15) is 0 Å². The van der Waals surface area contributed by atoms with Gasteiger partial charge in [0.15, 0.2) is 11.6 Å². The first-order chi connectivity index (χ1) is 10.8. The lowest BCUT2D eigenvalue weighted by Crippen LogP contribution is -2.30. The number of alkyl halides is 6. The Bertz CT molecular complexity index is 679. The first-order valence-corrected chi connectivity index (χ1v) is 7.50. The molecule has 8 heteroatoms. The molecule has 1 nitrogen and oxygen atoms in total. The second-order valence-electron chi connectivity index (χ2n) is 6.91. The van der Waals surface area contributed by atoms with E-state index in [0.29, 0.717) is 0 Å². The molecule has 0 amide bonds. The molecule has 0 aliphatic heterocycles. The van der Waals surface area contributed by atoms with Gasteiger partial charge in [-0.25, -0.2) is 4.39 Å². The van der Waals surface area contributed by atoms with Crippen molar-refractivity contribution < 1.29 is 35.8 Å². The predicted octanol–water partition coefficient (Wildman–Crippen LogP) is 5.42. The average molecular weight is 356 g/mol. The van der Waals surface area contributed by atoms with Crippen molar-refractivity contribution in [1.82, 2.24) is 0 Å². The molecule has 0 bridgehead atoms. The number of halogens is 7. The summed E-state index contributed by atoms with van der Waals surface area (Å²) in [6, 6.07) is 0.951. The third kappa shape index (κ3) is 2.54. The Morgan fingerprint density at radius 3 is 1.92 bits per heavy atom. The van der Waals surface area contributed by atoms with Crippen LogP contribution in [0.5, 0.6) is 5.75 Å². The van der Waals surface area contributed by atoms with E-state index in [9.17, 15) is 35.8 Å². The standard InChI is InChI=1S/C16H15F7O/c1-8-9(13(2-3-13)7-15(18,19)20)6-10(12(24)11(8)17)14(4-5-14)16(21,22)23/h6,24H,2-5,7H2,1H3. The zero-order valence-electron chi connectivity index (χ0n) is 12.7. The molecule has 0 atom stereocenters. The van der Waals surface area contributed by atoms with E-state index in [2.05, 4.69) is 0 Å². The van der Waals surface area contributed by atoms with E-state index < -0.39 is 46.7 Å². The Balaban J connectivity index is 2.14. The molecule has 2 aliphatic rings. The molecule has 3 rings (SSSR count). The lowest BCUT2D eigenvalue weighted by molar-refractivity contribution is -0.161. The summed E-state index contributed by atoms with van der Waals surface area (Å²) in [7, 11) is 0. The molecule has 0 radical (unpaired) electrons. The van der Waals surface area contributed by atoms with Gasteiger partial charge in [-0.2, -0.15) is 26.3 Å². The Labute approximate surface area is 133 Å². The fraction of sp³-hybridized carbons (Fsp3) is 0.625. The molecule has 2 saturated carbocycles. The van der Waals surface area contributed by atoms with Crippen molar-refractivity contribution in [2.45, 2.75) is 62.2 Å². The summed E-state index contributed by atoms with van der Waals surface area (Å²) in [6.07, 6.45) is -10.7. The van der Waals surface area contributed by atoms with Gasteiger partial charge < -0.3 is 5.11 Å². The van der Waals surface area contributed by atoms with Crippen LogP contribution in [0.25, 0.3) is 0 Å². The highest BCUT2D eigenvalue weighted by atomic mass is 19.4. The summed E-state index contributed by atoms with van der Waals surface area (Å²) in [4.78, 5) is 0. The van der Waals surface area contributed by atoms with Crippen molar-refractivity contribution in [3.8, 4) is 5.75 Å². The second-order valence-corrected chi connectivity index (χ2v) is 6.91. The second kappa shape index (κ2) is 4.79. The van der Waals surface area contributed by atoms with Gasteiger partial charge in [-0.1, -0.05) is 6.07 Å². The average Bonchev–Trinajstić information content (AvgIpc) is 3.29. The van der Waals surface area contributed by atoms with Crippen LogP contribution in [-0.4, -0.2) is 17.5 Å². The van der Waals surface area contributed by atoms with Gasteiger partial charge in [0.05, 0.1) is 11.8 Å². The number of aromatic hydroxyl groups is 1. The van der Waals surface area contributed by atoms with E-state index in [-0.39, 0.29) is 36.8 Å². The third-order valence-electron chi connectivity index (χ3n) is 5.26. The minimum absolute atomic E-state index is 0.0688. The van der Waals surface area contributed by atoms with E-state index in [1.54, 1.807) is 0 Å². The van der Waals surface area contributed by atoms with Crippen LogP contribution in [0, 0.1) is 12.7 Å². The summed E-state index contributed by atoms with van der Waals surface area (Å²) in [6.45, 7) is 1.19. The lowest BCUT2D eigenvalue weighted by atomic mass is 9.83. The number of phenols is 1. The SMILES string of the molecule is Cc1c(C2(CC(F)(F)F)CC2)cc(C2(C(F)(F)F)CC2)c(O)c1F. The highest BCUT2D eigenvalue weighted by Crippen LogP contribution is 2.63. The smallest absolute Gasteiger partial charge is 0.398 e. The Morgan fingerprint density at radius 2 is 1.54 bits per heavy atom. The number of hydrogen-bond acceptors (Lipinski definition) is 1. The van der Waals surface area contributed by atoms with Crippen LogP contribution in [0.4, 0.5) is 30.7 Å². The molecule has 0 aromatic heterocycles. The van der Waals surface area contributed by atoms with E-state index in [1.165, 1.54) is 6.92 Å². The summed E-state index contributed by atoms with van der Waals surface area (Å²) in [5, 5.41) is 9.86. The molecule has 0 heterocycles. The molecule has 134 valence electrons. The van der Waals surface area contributed by atoms with Crippen molar-refractivity contribution in [2.24, 2.45) is 0 Å². The van der Waals surface area contributed by atoms with Gasteiger partial charge in [-0.05, 0) is 43.7 Å². The van der Waals surface area contributed by atoms with Crippen LogP contribution in [-0.2, 0) is 10.8 Å². The third-order valence-corrected chi connectivity index (χ3v) is 5.26. The van der Waals surface area contributed by atoms with Crippen LogP contribution in [0.2, 0.25) is 0 Å². The fourth-order valence-electron chi connectivity index (χ4n) is 3.56. The van der Waals surface area contributed by atoms with Crippen LogP contribution in [0.3, 0.4) is 0 Å². The first-order valence-electron chi connectivity index (χ1n) is 7.50. The van der Waals surface area contributed by atoms with E-state index in [1.807, 2.05) is 0 Å². The van der Waals surface area contributed by atoms with Crippen LogP contribution in [0.1, 0.15) is 48.8 Å². The van der Waals surface area contributed by atoms with Crippen LogP contribution >= 0.6 is 0 Å². The minimum atomic E-state index is -4.69. The maximum absolute atomic E-state index is 14.3. The maximum atomic E-state index is 14.3. The maximum Gasteiger partial charge on any atom is 0.398 e. The summed E-state index contributed by atoms with van der Waals surface area (Å²) in [5.74, 6) is -2.36. The largest absolute Gasteiger partial charge is 0.505 e. The number of rotatable bonds is 3. The summed E-state index contributed by atoms with van der Waals surface area (Å²) < 4.78 is 92.6. The Hall–Kier alpha value is -1.47. The Kier molecular flexibility index (Phi) is 3.46. The number of hydrogen-bond donors (Lipinski definition) is 1. The molecule has 0 saturated heterocycles. The first kappa shape index (κ1) is 17.4. The van der Waals surface area contributed by atoms with Crippen molar-refractivity contribution >= 4 is 0 Å². The molecule has 1 aromatic rings. The van der Waals surface area contributed by atoms with Gasteiger partial charge >= 0.3 is 12.4 Å². The molecular formula is C16H15F7O. The highest BCUT2D eigenvalue weighted by molar-refractivity contribution is 5.53. The van der Waals surface area contributed by atoms with E-state index in [0.717, 1.165) is 6.07 Å². The van der Waals surface area contributed by atoms with E-state index in [4.69, 9.17) is 0 Å². The summed E-state index contributed by atoms with van der Waals surface area (Å²) >= 11 is 0. The van der Waals surface area contributed by atoms with Gasteiger partial charge in [-0.3, -0.25) is 0 Å². The van der Waals surface area contributed by atoms with Gasteiger partial charge in [-0.15, -0.1) is 0 Å². The van der Waals surface area contributed by atoms with Crippen molar-refractivity contribution in [3.63, 3.8) is 0 Å². The lowest BCUT2D eigenvalue weighted by Gasteiger charge is -2.26. The number of phenolic OH excluding ortho intramolecular Hbond substituents is 1. The van der Waals surface area contributed by atoms with Crippen LogP contribution in [0.15, 0.2) is 6.07 Å². The minimum Gasteiger partial charge on any atom is -0.505 e. The fourth-order valence-corrected chi connectivity index (χ4v) is 3.56. The molecule has 0 unspecified atom stereocenters. The van der Waals surface area contributed by atoms with Gasteiger partial charge in [0.25, 0.3) is 0 Å². The van der Waals surface area contributed by atoms with Gasteiger partial charge in [0.2, 0.25) is 0 Å². The van der Waals surface area contributed by atoms with Crippen molar-refractivity contribution in [2.75, 3.05) is 0 Å². The van der Waals surface area contributed by atoms with Crippen molar-refractivity contribution in [1.29, 1.82) is 0 Å². The molecule has 1 aromatic carbocycles. The monoisotopic (exact) mass is 356 g/mol. The molecule has 24 heavy (non-hydrogen) atoms. The zero-order valence-corrected chi connectivity index (χ0v) is 12.7. The van der Waals surface area contributed by atoms with Crippen LogP contribution < -0.4 is 0 Å². The normalized spacial score (nSPS) is 21.7. The molecular weight excluding hydrogens is 341 g/mol. The quantitative estimate of drug-likeness (QED) is 0.717.